The normalized spacial score (nSPS) is 17.6. The lowest BCUT2D eigenvalue weighted by Crippen LogP contribution is -2.58. The van der Waals surface area contributed by atoms with E-state index in [4.69, 9.17) is 14.5 Å². The summed E-state index contributed by atoms with van der Waals surface area (Å²) in [5, 5.41) is 3.02. The molecule has 2 atom stereocenters. The van der Waals surface area contributed by atoms with Crippen LogP contribution in [0, 0.1) is 0 Å². The smallest absolute Gasteiger partial charge is 0.410 e. The van der Waals surface area contributed by atoms with Crippen LogP contribution in [0.25, 0.3) is 11.3 Å². The van der Waals surface area contributed by atoms with E-state index < -0.39 is 11.7 Å². The molecule has 7 heteroatoms. The Bertz CT molecular complexity index is 1180. The van der Waals surface area contributed by atoms with Crippen LogP contribution in [0.15, 0.2) is 78.9 Å². The zero-order valence-electron chi connectivity index (χ0n) is 21.7. The lowest BCUT2D eigenvalue weighted by molar-refractivity contribution is 0.00394. The first kappa shape index (κ1) is 26.2. The molecule has 1 fully saturated rings. The van der Waals surface area contributed by atoms with E-state index in [0.29, 0.717) is 13.0 Å². The number of benzene rings is 2. The molecule has 3 aromatic rings. The summed E-state index contributed by atoms with van der Waals surface area (Å²) in [6, 6.07) is 24.8. The third-order valence-corrected chi connectivity index (χ3v) is 6.22. The largest absolute Gasteiger partial charge is 0.445 e. The van der Waals surface area contributed by atoms with E-state index >= 15 is 0 Å². The van der Waals surface area contributed by atoms with Gasteiger partial charge in [-0.25, -0.2) is 9.59 Å². The molecule has 1 aliphatic heterocycles. The maximum absolute atomic E-state index is 13.2. The highest BCUT2D eigenvalue weighted by molar-refractivity contribution is 5.70. The SMILES string of the molecule is CC(C)(C)OC(=O)N1CCCC(NC(=O)OCc2ccccc2)C1Cc1cccc(-c2ccccc2)n1. The number of ether oxygens (including phenoxy) is 2. The molecule has 0 aliphatic carbocycles. The Morgan fingerprint density at radius 3 is 2.38 bits per heavy atom. The van der Waals surface area contributed by atoms with E-state index in [9.17, 15) is 9.59 Å². The number of carbonyl (C=O) groups is 2. The number of nitrogens with zero attached hydrogens (tertiary/aromatic N) is 2. The van der Waals surface area contributed by atoms with E-state index in [-0.39, 0.29) is 24.8 Å². The van der Waals surface area contributed by atoms with Crippen molar-refractivity contribution in [2.24, 2.45) is 0 Å². The summed E-state index contributed by atoms with van der Waals surface area (Å²) in [4.78, 5) is 32.5. The second kappa shape index (κ2) is 11.9. The lowest BCUT2D eigenvalue weighted by Gasteiger charge is -2.41. The van der Waals surface area contributed by atoms with Crippen LogP contribution >= 0.6 is 0 Å². The molecule has 0 radical (unpaired) electrons. The maximum atomic E-state index is 13.2. The van der Waals surface area contributed by atoms with Crippen LogP contribution in [-0.2, 0) is 22.5 Å². The van der Waals surface area contributed by atoms with Crippen LogP contribution in [0.3, 0.4) is 0 Å². The molecule has 194 valence electrons. The van der Waals surface area contributed by atoms with Crippen molar-refractivity contribution in [3.8, 4) is 11.3 Å². The van der Waals surface area contributed by atoms with Crippen molar-refractivity contribution >= 4 is 12.2 Å². The number of alkyl carbamates (subject to hydrolysis) is 1. The highest BCUT2D eigenvalue weighted by atomic mass is 16.6. The maximum Gasteiger partial charge on any atom is 0.410 e. The summed E-state index contributed by atoms with van der Waals surface area (Å²) < 4.78 is 11.2. The minimum atomic E-state index is -0.623. The van der Waals surface area contributed by atoms with Gasteiger partial charge in [0.1, 0.15) is 12.2 Å². The molecule has 2 aromatic carbocycles. The number of nitrogens with one attached hydrogen (secondary N) is 1. The molecule has 4 rings (SSSR count). The lowest BCUT2D eigenvalue weighted by atomic mass is 9.92. The molecule has 0 spiro atoms. The number of hydrogen-bond donors (Lipinski definition) is 1. The van der Waals surface area contributed by atoms with Gasteiger partial charge in [-0.3, -0.25) is 4.98 Å². The van der Waals surface area contributed by atoms with Gasteiger partial charge in [0.25, 0.3) is 0 Å². The number of carbonyl (C=O) groups excluding carboxylic acids is 2. The molecule has 1 aromatic heterocycles. The Balaban J connectivity index is 1.53. The van der Waals surface area contributed by atoms with Crippen LogP contribution < -0.4 is 5.32 Å². The summed E-state index contributed by atoms with van der Waals surface area (Å²) in [6.45, 7) is 6.29. The predicted molar refractivity (Wildman–Crippen MR) is 143 cm³/mol. The highest BCUT2D eigenvalue weighted by Gasteiger charge is 2.38. The number of amides is 2. The Morgan fingerprint density at radius 2 is 1.68 bits per heavy atom. The molecule has 2 unspecified atom stereocenters. The molecule has 7 nitrogen and oxygen atoms in total. The molecule has 0 saturated carbocycles. The van der Waals surface area contributed by atoms with Crippen LogP contribution in [0.1, 0.15) is 44.9 Å². The number of likely N-dealkylation sites (tertiary alicyclic amines) is 1. The molecule has 1 saturated heterocycles. The van der Waals surface area contributed by atoms with E-state index in [2.05, 4.69) is 5.32 Å². The van der Waals surface area contributed by atoms with E-state index in [1.165, 1.54) is 0 Å². The second-order valence-electron chi connectivity index (χ2n) is 10.3. The average Bonchev–Trinajstić information content (AvgIpc) is 2.89. The molecule has 1 N–H and O–H groups in total. The van der Waals surface area contributed by atoms with Crippen molar-refractivity contribution in [3.63, 3.8) is 0 Å². The monoisotopic (exact) mass is 501 g/mol. The fourth-order valence-electron chi connectivity index (χ4n) is 4.52. The Morgan fingerprint density at radius 1 is 0.973 bits per heavy atom. The number of piperidine rings is 1. The third-order valence-electron chi connectivity index (χ3n) is 6.22. The van der Waals surface area contributed by atoms with Crippen molar-refractivity contribution < 1.29 is 19.1 Å². The molecule has 2 amide bonds. The summed E-state index contributed by atoms with van der Waals surface area (Å²) in [6.07, 6.45) is 1.06. The fraction of sp³-hybridized carbons (Fsp3) is 0.367. The van der Waals surface area contributed by atoms with Crippen molar-refractivity contribution in [3.05, 3.63) is 90.1 Å². The van der Waals surface area contributed by atoms with E-state index in [1.54, 1.807) is 4.90 Å². The Labute approximate surface area is 218 Å². The van der Waals surface area contributed by atoms with Crippen LogP contribution in [0.5, 0.6) is 0 Å². The molecular formula is C30H35N3O4. The van der Waals surface area contributed by atoms with Gasteiger partial charge in [-0.2, -0.15) is 0 Å². The summed E-state index contributed by atoms with van der Waals surface area (Å²) in [7, 11) is 0. The molecule has 0 bridgehead atoms. The summed E-state index contributed by atoms with van der Waals surface area (Å²) in [5.41, 5.74) is 3.02. The number of aromatic nitrogens is 1. The quantitative estimate of drug-likeness (QED) is 0.449. The van der Waals surface area contributed by atoms with E-state index in [0.717, 1.165) is 35.4 Å². The predicted octanol–water partition coefficient (Wildman–Crippen LogP) is 5.99. The van der Waals surface area contributed by atoms with Crippen LogP contribution in [-0.4, -0.2) is 46.3 Å². The van der Waals surface area contributed by atoms with E-state index in [1.807, 2.05) is 99.6 Å². The van der Waals surface area contributed by atoms with Crippen molar-refractivity contribution in [1.29, 1.82) is 0 Å². The summed E-state index contributed by atoms with van der Waals surface area (Å²) in [5.74, 6) is 0. The topological polar surface area (TPSA) is 80.8 Å². The van der Waals surface area contributed by atoms with Crippen molar-refractivity contribution in [2.75, 3.05) is 6.54 Å². The number of hydrogen-bond acceptors (Lipinski definition) is 5. The average molecular weight is 502 g/mol. The first-order valence-electron chi connectivity index (χ1n) is 12.8. The number of pyridine rings is 1. The minimum Gasteiger partial charge on any atom is -0.445 e. The molecule has 1 aliphatic rings. The zero-order valence-corrected chi connectivity index (χ0v) is 21.7. The second-order valence-corrected chi connectivity index (χ2v) is 10.3. The van der Waals surface area contributed by atoms with Gasteiger partial charge in [-0.15, -0.1) is 0 Å². The van der Waals surface area contributed by atoms with Gasteiger partial charge >= 0.3 is 12.2 Å². The van der Waals surface area contributed by atoms with Crippen molar-refractivity contribution in [1.82, 2.24) is 15.2 Å². The van der Waals surface area contributed by atoms with Gasteiger partial charge in [-0.1, -0.05) is 66.7 Å². The van der Waals surface area contributed by atoms with Crippen molar-refractivity contribution in [2.45, 2.75) is 64.3 Å². The van der Waals surface area contributed by atoms with Gasteiger partial charge in [0.15, 0.2) is 0 Å². The molecule has 37 heavy (non-hydrogen) atoms. The highest BCUT2D eigenvalue weighted by Crippen LogP contribution is 2.25. The molecule has 2 heterocycles. The number of rotatable bonds is 6. The van der Waals surface area contributed by atoms with Gasteiger partial charge in [0.05, 0.1) is 17.8 Å². The van der Waals surface area contributed by atoms with Crippen LogP contribution in [0.4, 0.5) is 9.59 Å². The van der Waals surface area contributed by atoms with Gasteiger partial charge in [0.2, 0.25) is 0 Å². The first-order chi connectivity index (χ1) is 17.8. The summed E-state index contributed by atoms with van der Waals surface area (Å²) >= 11 is 0. The zero-order chi connectivity index (χ0) is 26.3. The van der Waals surface area contributed by atoms with Gasteiger partial charge < -0.3 is 19.7 Å². The van der Waals surface area contributed by atoms with Crippen LogP contribution in [0.2, 0.25) is 0 Å². The molecular weight excluding hydrogens is 466 g/mol. The Hall–Kier alpha value is -3.87. The fourth-order valence-corrected chi connectivity index (χ4v) is 4.52. The standard InChI is InChI=1S/C30H35N3O4/c1-30(2,3)37-29(35)33-19-11-18-26(32-28(34)36-21-22-12-6-4-7-13-22)27(33)20-24-16-10-17-25(31-24)23-14-8-5-9-15-23/h4-10,12-17,26-27H,11,18-21H2,1-3H3,(H,32,34). The minimum absolute atomic E-state index is 0.181. The first-order valence-corrected chi connectivity index (χ1v) is 12.8. The Kier molecular flexibility index (Phi) is 8.43. The van der Waals surface area contributed by atoms with Gasteiger partial charge in [0, 0.05) is 24.2 Å². The van der Waals surface area contributed by atoms with Gasteiger partial charge in [-0.05, 0) is 51.3 Å². The third kappa shape index (κ3) is 7.56.